The lowest BCUT2D eigenvalue weighted by atomic mass is 9.95. The van der Waals surface area contributed by atoms with Crippen molar-refractivity contribution in [3.8, 4) is 5.75 Å². The van der Waals surface area contributed by atoms with Gasteiger partial charge in [-0.1, -0.05) is 56.5 Å². The van der Waals surface area contributed by atoms with Gasteiger partial charge in [0, 0.05) is 12.6 Å². The summed E-state index contributed by atoms with van der Waals surface area (Å²) in [5.74, 6) is -0.865. The Labute approximate surface area is 247 Å². The van der Waals surface area contributed by atoms with Crippen molar-refractivity contribution in [1.82, 2.24) is 10.2 Å². The molecule has 0 aliphatic heterocycles. The molecular formula is C32H38FN3O5S. The summed E-state index contributed by atoms with van der Waals surface area (Å²) in [6, 6.07) is 19.3. The maximum atomic E-state index is 14.1. The number of nitrogens with one attached hydrogen (secondary N) is 1. The first kappa shape index (κ1) is 31.0. The Morgan fingerprint density at radius 2 is 1.60 bits per heavy atom. The van der Waals surface area contributed by atoms with Gasteiger partial charge in [-0.15, -0.1) is 0 Å². The van der Waals surface area contributed by atoms with Gasteiger partial charge in [0.2, 0.25) is 11.8 Å². The second kappa shape index (κ2) is 14.3. The Morgan fingerprint density at radius 3 is 2.19 bits per heavy atom. The van der Waals surface area contributed by atoms with Crippen LogP contribution in [0.5, 0.6) is 5.75 Å². The lowest BCUT2D eigenvalue weighted by Gasteiger charge is -2.34. The van der Waals surface area contributed by atoms with Crippen LogP contribution in [0.3, 0.4) is 0 Å². The zero-order valence-corrected chi connectivity index (χ0v) is 24.9. The van der Waals surface area contributed by atoms with Gasteiger partial charge in [-0.2, -0.15) is 0 Å². The van der Waals surface area contributed by atoms with Gasteiger partial charge in [0.25, 0.3) is 10.0 Å². The molecule has 1 unspecified atom stereocenters. The van der Waals surface area contributed by atoms with Gasteiger partial charge in [-0.3, -0.25) is 13.9 Å². The van der Waals surface area contributed by atoms with Gasteiger partial charge in [0.15, 0.2) is 0 Å². The number of anilines is 1. The van der Waals surface area contributed by atoms with Gasteiger partial charge in [0.1, 0.15) is 24.2 Å². The highest BCUT2D eigenvalue weighted by molar-refractivity contribution is 7.92. The summed E-state index contributed by atoms with van der Waals surface area (Å²) in [6.45, 7) is 1.37. The number of carbonyl (C=O) groups is 2. The topological polar surface area (TPSA) is 96.0 Å². The van der Waals surface area contributed by atoms with Crippen LogP contribution < -0.4 is 14.4 Å². The number of hydrogen-bond acceptors (Lipinski definition) is 5. The number of halogens is 1. The standard InChI is InChI=1S/C32H38FN3O5S/c1-3-30(32(38)34-26-12-8-5-9-13-26)35(22-24-10-6-4-7-11-24)31(37)23-36(27-16-14-25(33)15-17-27)42(39,40)29-20-18-28(41-2)19-21-29/h4,6-7,10-11,14-21,26,30H,3,5,8-9,12-13,22-23H2,1-2H3,(H,34,38). The molecule has 1 aliphatic rings. The summed E-state index contributed by atoms with van der Waals surface area (Å²) in [7, 11) is -2.79. The molecule has 4 rings (SSSR count). The first-order valence-corrected chi connectivity index (χ1v) is 15.7. The van der Waals surface area contributed by atoms with E-state index in [-0.39, 0.29) is 29.1 Å². The van der Waals surface area contributed by atoms with Gasteiger partial charge < -0.3 is 15.0 Å². The van der Waals surface area contributed by atoms with E-state index in [0.717, 1.165) is 54.1 Å². The lowest BCUT2D eigenvalue weighted by molar-refractivity contribution is -0.140. The number of nitrogens with zero attached hydrogens (tertiary/aromatic N) is 2. The summed E-state index contributed by atoms with van der Waals surface area (Å²) in [6.07, 6.45) is 5.37. The molecule has 0 aromatic heterocycles. The van der Waals surface area contributed by atoms with Crippen molar-refractivity contribution in [2.75, 3.05) is 18.0 Å². The number of benzene rings is 3. The van der Waals surface area contributed by atoms with E-state index < -0.39 is 34.3 Å². The average molecular weight is 596 g/mol. The highest BCUT2D eigenvalue weighted by atomic mass is 32.2. The number of sulfonamides is 1. The summed E-state index contributed by atoms with van der Waals surface area (Å²) >= 11 is 0. The van der Waals surface area contributed by atoms with E-state index in [1.54, 1.807) is 0 Å². The van der Waals surface area contributed by atoms with Crippen LogP contribution in [-0.4, -0.2) is 50.9 Å². The second-order valence-electron chi connectivity index (χ2n) is 10.4. The Morgan fingerprint density at radius 1 is 0.952 bits per heavy atom. The first-order chi connectivity index (χ1) is 20.2. The van der Waals surface area contributed by atoms with Gasteiger partial charge in [-0.05, 0) is 73.4 Å². The van der Waals surface area contributed by atoms with E-state index in [4.69, 9.17) is 4.74 Å². The zero-order chi connectivity index (χ0) is 30.1. The largest absolute Gasteiger partial charge is 0.497 e. The summed E-state index contributed by atoms with van der Waals surface area (Å²) < 4.78 is 47.8. The van der Waals surface area contributed by atoms with Crippen LogP contribution in [0.4, 0.5) is 10.1 Å². The molecule has 1 saturated carbocycles. The van der Waals surface area contributed by atoms with Gasteiger partial charge in [-0.25, -0.2) is 12.8 Å². The van der Waals surface area contributed by atoms with Crippen molar-refractivity contribution in [2.24, 2.45) is 0 Å². The molecule has 224 valence electrons. The van der Waals surface area contributed by atoms with Crippen LogP contribution in [-0.2, 0) is 26.2 Å². The fraction of sp³-hybridized carbons (Fsp3) is 0.375. The number of methoxy groups -OCH3 is 1. The molecular weight excluding hydrogens is 557 g/mol. The Hall–Kier alpha value is -3.92. The minimum atomic E-state index is -4.26. The van der Waals surface area contributed by atoms with E-state index in [9.17, 15) is 22.4 Å². The molecule has 2 amide bonds. The quantitative estimate of drug-likeness (QED) is 0.307. The van der Waals surface area contributed by atoms with Crippen LogP contribution in [0.1, 0.15) is 51.0 Å². The van der Waals surface area contributed by atoms with E-state index >= 15 is 0 Å². The van der Waals surface area contributed by atoms with E-state index in [1.165, 1.54) is 48.4 Å². The Bertz CT molecular complexity index is 1430. The normalized spacial score (nSPS) is 14.5. The zero-order valence-electron chi connectivity index (χ0n) is 24.0. The molecule has 1 aliphatic carbocycles. The molecule has 3 aromatic rings. The highest BCUT2D eigenvalue weighted by Crippen LogP contribution is 2.27. The molecule has 1 atom stereocenters. The van der Waals surface area contributed by atoms with Gasteiger partial charge in [0.05, 0.1) is 17.7 Å². The number of hydrogen-bond donors (Lipinski definition) is 1. The molecule has 42 heavy (non-hydrogen) atoms. The van der Waals surface area contributed by atoms with E-state index in [2.05, 4.69) is 5.32 Å². The molecule has 0 heterocycles. The van der Waals surface area contributed by atoms with Crippen molar-refractivity contribution >= 4 is 27.5 Å². The maximum Gasteiger partial charge on any atom is 0.264 e. The van der Waals surface area contributed by atoms with Crippen molar-refractivity contribution in [1.29, 1.82) is 0 Å². The molecule has 10 heteroatoms. The van der Waals surface area contributed by atoms with Crippen molar-refractivity contribution in [3.63, 3.8) is 0 Å². The van der Waals surface area contributed by atoms with E-state index in [0.29, 0.717) is 12.2 Å². The van der Waals surface area contributed by atoms with E-state index in [1.807, 2.05) is 37.3 Å². The Balaban J connectivity index is 1.68. The molecule has 8 nitrogen and oxygen atoms in total. The number of ether oxygens (including phenoxy) is 1. The third kappa shape index (κ3) is 7.67. The molecule has 0 spiro atoms. The monoisotopic (exact) mass is 595 g/mol. The summed E-state index contributed by atoms with van der Waals surface area (Å²) in [4.78, 5) is 29.1. The first-order valence-electron chi connectivity index (χ1n) is 14.3. The number of amides is 2. The summed E-state index contributed by atoms with van der Waals surface area (Å²) in [5.41, 5.74) is 0.932. The third-order valence-corrected chi connectivity index (χ3v) is 9.36. The molecule has 0 radical (unpaired) electrons. The molecule has 1 fully saturated rings. The van der Waals surface area contributed by atoms with Crippen LogP contribution in [0, 0.1) is 5.82 Å². The van der Waals surface area contributed by atoms with Crippen LogP contribution >= 0.6 is 0 Å². The van der Waals surface area contributed by atoms with Crippen LogP contribution in [0.25, 0.3) is 0 Å². The minimum Gasteiger partial charge on any atom is -0.497 e. The van der Waals surface area contributed by atoms with Crippen molar-refractivity contribution in [2.45, 2.75) is 69.0 Å². The minimum absolute atomic E-state index is 0.0557. The van der Waals surface area contributed by atoms with Crippen molar-refractivity contribution in [3.05, 3.63) is 90.2 Å². The Kier molecular flexibility index (Phi) is 10.6. The average Bonchev–Trinajstić information content (AvgIpc) is 3.01. The lowest BCUT2D eigenvalue weighted by Crippen LogP contribution is -2.54. The molecule has 1 N–H and O–H groups in total. The highest BCUT2D eigenvalue weighted by Gasteiger charge is 2.34. The number of rotatable bonds is 12. The van der Waals surface area contributed by atoms with Crippen LogP contribution in [0.15, 0.2) is 83.8 Å². The number of carbonyl (C=O) groups excluding carboxylic acids is 2. The third-order valence-electron chi connectivity index (χ3n) is 7.57. The molecule has 0 saturated heterocycles. The second-order valence-corrected chi connectivity index (χ2v) is 12.3. The van der Waals surface area contributed by atoms with Crippen molar-refractivity contribution < 1.29 is 27.1 Å². The molecule has 0 bridgehead atoms. The fourth-order valence-electron chi connectivity index (χ4n) is 5.25. The van der Waals surface area contributed by atoms with Gasteiger partial charge >= 0.3 is 0 Å². The fourth-order valence-corrected chi connectivity index (χ4v) is 6.67. The predicted molar refractivity (Wildman–Crippen MR) is 160 cm³/mol. The summed E-state index contributed by atoms with van der Waals surface area (Å²) in [5, 5.41) is 3.13. The smallest absolute Gasteiger partial charge is 0.264 e. The van der Waals surface area contributed by atoms with Crippen LogP contribution in [0.2, 0.25) is 0 Å². The SMILES string of the molecule is CCC(C(=O)NC1CCCCC1)N(Cc1ccccc1)C(=O)CN(c1ccc(F)cc1)S(=O)(=O)c1ccc(OC)cc1. The molecule has 3 aromatic carbocycles. The maximum absolute atomic E-state index is 14.1. The predicted octanol–water partition coefficient (Wildman–Crippen LogP) is 5.29.